The third-order valence-corrected chi connectivity index (χ3v) is 5.18. The number of imidazole rings is 1. The van der Waals surface area contributed by atoms with Crippen LogP contribution in [0.5, 0.6) is 0 Å². The van der Waals surface area contributed by atoms with Crippen molar-refractivity contribution in [1.82, 2.24) is 24.8 Å². The maximum absolute atomic E-state index is 12.7. The molecule has 29 heavy (non-hydrogen) atoms. The molecular formula is C20H20F3N5O. The number of rotatable bonds is 3. The lowest BCUT2D eigenvalue weighted by atomic mass is 10.1. The van der Waals surface area contributed by atoms with Crippen LogP contribution < -0.4 is 5.56 Å². The molecule has 0 unspecified atom stereocenters. The number of aryl methyl sites for hydroxylation is 2. The van der Waals surface area contributed by atoms with Crippen molar-refractivity contribution in [2.24, 2.45) is 0 Å². The minimum Gasteiger partial charge on any atom is -0.345 e. The van der Waals surface area contributed by atoms with Gasteiger partial charge < -0.3 is 9.97 Å². The summed E-state index contributed by atoms with van der Waals surface area (Å²) in [5.41, 5.74) is 2.71. The van der Waals surface area contributed by atoms with Gasteiger partial charge in [0.25, 0.3) is 5.56 Å². The first kappa shape index (κ1) is 19.4. The Morgan fingerprint density at radius 3 is 2.45 bits per heavy atom. The minimum absolute atomic E-state index is 0.263. The lowest BCUT2D eigenvalue weighted by molar-refractivity contribution is -0.137. The van der Waals surface area contributed by atoms with Crippen LogP contribution in [0.2, 0.25) is 0 Å². The molecule has 0 fully saturated rings. The molecule has 0 amide bonds. The molecule has 1 aromatic carbocycles. The number of nitrogens with zero attached hydrogens (tertiary/aromatic N) is 3. The van der Waals surface area contributed by atoms with Crippen molar-refractivity contribution in [3.05, 3.63) is 68.7 Å². The summed E-state index contributed by atoms with van der Waals surface area (Å²) in [5.74, 6) is 1.14. The molecule has 3 aromatic rings. The van der Waals surface area contributed by atoms with E-state index in [0.29, 0.717) is 42.9 Å². The van der Waals surface area contributed by atoms with Gasteiger partial charge in [0.15, 0.2) is 0 Å². The summed E-state index contributed by atoms with van der Waals surface area (Å²) in [6.45, 7) is 5.68. The van der Waals surface area contributed by atoms with Crippen molar-refractivity contribution in [1.29, 1.82) is 0 Å². The number of alkyl halides is 3. The quantitative estimate of drug-likeness (QED) is 0.703. The molecule has 9 heteroatoms. The summed E-state index contributed by atoms with van der Waals surface area (Å²) >= 11 is 0. The lowest BCUT2D eigenvalue weighted by Gasteiger charge is -2.26. The molecule has 0 radical (unpaired) electrons. The van der Waals surface area contributed by atoms with E-state index in [1.54, 1.807) is 0 Å². The molecule has 2 N–H and O–H groups in total. The molecule has 3 heterocycles. The van der Waals surface area contributed by atoms with Gasteiger partial charge in [-0.1, -0.05) is 12.1 Å². The molecular weight excluding hydrogens is 383 g/mol. The Hall–Kier alpha value is -2.94. The topological polar surface area (TPSA) is 77.7 Å². The zero-order valence-corrected chi connectivity index (χ0v) is 16.0. The average molecular weight is 403 g/mol. The molecule has 0 saturated heterocycles. The van der Waals surface area contributed by atoms with E-state index in [0.717, 1.165) is 29.3 Å². The van der Waals surface area contributed by atoms with Crippen molar-refractivity contribution in [2.75, 3.05) is 6.54 Å². The molecule has 0 bridgehead atoms. The second-order valence-electron chi connectivity index (χ2n) is 7.27. The molecule has 1 aliphatic heterocycles. The maximum atomic E-state index is 12.7. The van der Waals surface area contributed by atoms with E-state index >= 15 is 0 Å². The van der Waals surface area contributed by atoms with E-state index in [4.69, 9.17) is 0 Å². The molecule has 0 saturated carbocycles. The van der Waals surface area contributed by atoms with Gasteiger partial charge in [-0.15, -0.1) is 0 Å². The highest BCUT2D eigenvalue weighted by molar-refractivity contribution is 5.56. The van der Waals surface area contributed by atoms with Gasteiger partial charge in [0.2, 0.25) is 0 Å². The number of H-pyrrole nitrogens is 2. The number of aromatic nitrogens is 4. The van der Waals surface area contributed by atoms with E-state index in [2.05, 4.69) is 24.8 Å². The molecule has 0 aliphatic carbocycles. The fourth-order valence-corrected chi connectivity index (χ4v) is 3.48. The van der Waals surface area contributed by atoms with Crippen LogP contribution in [0.4, 0.5) is 13.2 Å². The molecule has 152 valence electrons. The third kappa shape index (κ3) is 3.95. The Morgan fingerprint density at radius 1 is 1.10 bits per heavy atom. The van der Waals surface area contributed by atoms with Crippen LogP contribution in [0.1, 0.15) is 34.0 Å². The Kier molecular flexibility index (Phi) is 4.77. The van der Waals surface area contributed by atoms with Crippen LogP contribution >= 0.6 is 0 Å². The Labute approximate surface area is 164 Å². The predicted octanol–water partition coefficient (Wildman–Crippen LogP) is 3.35. The highest BCUT2D eigenvalue weighted by atomic mass is 19.4. The predicted molar refractivity (Wildman–Crippen MR) is 101 cm³/mol. The Bertz CT molecular complexity index is 1080. The molecule has 4 rings (SSSR count). The van der Waals surface area contributed by atoms with Crippen molar-refractivity contribution >= 4 is 0 Å². The van der Waals surface area contributed by atoms with Gasteiger partial charge in [-0.2, -0.15) is 13.2 Å². The van der Waals surface area contributed by atoms with E-state index in [-0.39, 0.29) is 11.4 Å². The summed E-state index contributed by atoms with van der Waals surface area (Å²) in [4.78, 5) is 29.7. The highest BCUT2D eigenvalue weighted by Gasteiger charge is 2.30. The molecule has 2 aromatic heterocycles. The van der Waals surface area contributed by atoms with Gasteiger partial charge in [-0.3, -0.25) is 9.69 Å². The number of nitrogens with one attached hydrogen (secondary N) is 2. The summed E-state index contributed by atoms with van der Waals surface area (Å²) in [5, 5.41) is 0. The summed E-state index contributed by atoms with van der Waals surface area (Å²) < 4.78 is 38.2. The monoisotopic (exact) mass is 403 g/mol. The van der Waals surface area contributed by atoms with Crippen LogP contribution in [0, 0.1) is 13.8 Å². The van der Waals surface area contributed by atoms with Crippen molar-refractivity contribution < 1.29 is 13.2 Å². The van der Waals surface area contributed by atoms with Crippen molar-refractivity contribution in [3.8, 4) is 11.4 Å². The number of benzene rings is 1. The highest BCUT2D eigenvalue weighted by Crippen LogP contribution is 2.30. The zero-order chi connectivity index (χ0) is 20.8. The van der Waals surface area contributed by atoms with E-state index in [9.17, 15) is 18.0 Å². The van der Waals surface area contributed by atoms with Gasteiger partial charge >= 0.3 is 6.18 Å². The molecule has 0 atom stereocenters. The second-order valence-corrected chi connectivity index (χ2v) is 7.27. The fourth-order valence-electron chi connectivity index (χ4n) is 3.48. The van der Waals surface area contributed by atoms with Crippen molar-refractivity contribution in [2.45, 2.75) is 39.5 Å². The first-order valence-corrected chi connectivity index (χ1v) is 9.25. The average Bonchev–Trinajstić information content (AvgIpc) is 2.98. The number of hydrogen-bond donors (Lipinski definition) is 2. The first-order chi connectivity index (χ1) is 13.7. The van der Waals surface area contributed by atoms with Gasteiger partial charge in [0, 0.05) is 30.8 Å². The number of hydrogen-bond acceptors (Lipinski definition) is 4. The lowest BCUT2D eigenvalue weighted by Crippen LogP contribution is -2.35. The molecule has 6 nitrogen and oxygen atoms in total. The van der Waals surface area contributed by atoms with Crippen molar-refractivity contribution in [3.63, 3.8) is 0 Å². The minimum atomic E-state index is -4.40. The summed E-state index contributed by atoms with van der Waals surface area (Å²) in [7, 11) is 0. The van der Waals surface area contributed by atoms with Gasteiger partial charge in [-0.25, -0.2) is 9.97 Å². The summed E-state index contributed by atoms with van der Waals surface area (Å²) in [6, 6.07) is 4.63. The zero-order valence-electron chi connectivity index (χ0n) is 16.0. The Morgan fingerprint density at radius 2 is 1.83 bits per heavy atom. The van der Waals surface area contributed by atoms with Crippen LogP contribution in [-0.4, -0.2) is 31.4 Å². The summed E-state index contributed by atoms with van der Waals surface area (Å²) in [6.07, 6.45) is -3.81. The number of aromatic amines is 2. The molecule has 1 aliphatic rings. The van der Waals surface area contributed by atoms with E-state index in [1.165, 1.54) is 12.1 Å². The normalized spacial score (nSPS) is 14.8. The Balaban J connectivity index is 1.56. The van der Waals surface area contributed by atoms with Crippen LogP contribution in [-0.2, 0) is 25.7 Å². The van der Waals surface area contributed by atoms with Crippen LogP contribution in [0.15, 0.2) is 29.1 Å². The number of fused-ring (bicyclic) bond motifs is 1. The number of halogens is 3. The SMILES string of the molecule is Cc1nc(CN2CCc3nc(-c4ccc(C(F)(F)F)cc4)[nH]c(=O)c3C2)[nH]c1C. The standard InChI is InChI=1S/C20H20F3N5O/c1-11-12(2)25-17(24-11)10-28-8-7-16-15(9-28)19(29)27-18(26-16)13-3-5-14(6-4-13)20(21,22)23/h3-6H,7-10H2,1-2H3,(H,24,25)(H,26,27,29). The van der Waals surface area contributed by atoms with Gasteiger partial charge in [0.05, 0.1) is 29.1 Å². The van der Waals surface area contributed by atoms with Crippen LogP contribution in [0.3, 0.4) is 0 Å². The molecule has 0 spiro atoms. The first-order valence-electron chi connectivity index (χ1n) is 9.25. The fraction of sp³-hybridized carbons (Fsp3) is 0.350. The van der Waals surface area contributed by atoms with E-state index in [1.807, 2.05) is 13.8 Å². The van der Waals surface area contributed by atoms with Gasteiger partial charge in [0.1, 0.15) is 11.6 Å². The second kappa shape index (κ2) is 7.14. The van der Waals surface area contributed by atoms with Gasteiger partial charge in [-0.05, 0) is 26.0 Å². The third-order valence-electron chi connectivity index (χ3n) is 5.18. The smallest absolute Gasteiger partial charge is 0.345 e. The largest absolute Gasteiger partial charge is 0.416 e. The maximum Gasteiger partial charge on any atom is 0.416 e. The van der Waals surface area contributed by atoms with Crippen LogP contribution in [0.25, 0.3) is 11.4 Å². The van der Waals surface area contributed by atoms with E-state index < -0.39 is 11.7 Å².